The summed E-state index contributed by atoms with van der Waals surface area (Å²) in [4.78, 5) is 11.2. The van der Waals surface area contributed by atoms with Crippen LogP contribution in [-0.2, 0) is 10.0 Å². The molecule has 0 fully saturated rings. The monoisotopic (exact) mass is 343 g/mol. The van der Waals surface area contributed by atoms with Crippen LogP contribution in [0.3, 0.4) is 0 Å². The van der Waals surface area contributed by atoms with Gasteiger partial charge < -0.3 is 0 Å². The van der Waals surface area contributed by atoms with Crippen LogP contribution in [-0.4, -0.2) is 24.1 Å². The summed E-state index contributed by atoms with van der Waals surface area (Å²) >= 11 is 0. The number of nitrogens with zero attached hydrogens (tertiary/aromatic N) is 2. The fourth-order valence-corrected chi connectivity index (χ4v) is 2.93. The maximum Gasteiger partial charge on any atom is 0.268 e. The topological polar surface area (TPSA) is 81.1 Å². The molecule has 0 radical (unpaired) electrons. The number of carbonyl (C=O) groups excluding carboxylic acids is 1. The smallest absolute Gasteiger partial charge is 0.268 e. The van der Waals surface area contributed by atoms with Gasteiger partial charge in [-0.3, -0.25) is 9.48 Å². The van der Waals surface area contributed by atoms with Crippen molar-refractivity contribution in [1.29, 1.82) is 0 Å². The lowest BCUT2D eigenvalue weighted by Crippen LogP contribution is -2.31. The first-order chi connectivity index (χ1) is 10.6. The number of nitrogens with one attached hydrogen (secondary N) is 1. The molecule has 124 valence electrons. The number of rotatable bonds is 4. The Morgan fingerprint density at radius 1 is 1.26 bits per heavy atom. The largest absolute Gasteiger partial charge is 0.269 e. The van der Waals surface area contributed by atoms with Gasteiger partial charge in [-0.2, -0.15) is 5.10 Å². The van der Waals surface area contributed by atoms with Gasteiger partial charge in [0, 0.05) is 18.3 Å². The van der Waals surface area contributed by atoms with Crippen LogP contribution in [0.1, 0.15) is 35.8 Å². The van der Waals surface area contributed by atoms with Crippen molar-refractivity contribution >= 4 is 15.9 Å². The highest BCUT2D eigenvalue weighted by atomic mass is 32.2. The van der Waals surface area contributed by atoms with Crippen molar-refractivity contribution in [2.24, 2.45) is 0 Å². The van der Waals surface area contributed by atoms with Crippen LogP contribution in [0.25, 0.3) is 0 Å². The van der Waals surface area contributed by atoms with E-state index in [1.165, 1.54) is 24.0 Å². The van der Waals surface area contributed by atoms with Gasteiger partial charge in [0.2, 0.25) is 0 Å². The van der Waals surface area contributed by atoms with E-state index < -0.39 is 32.5 Å². The SMILES string of the molecule is Cc1cc(S(=O)(=O)NC(=O)c2cnn(C(C)C)c2)c(F)cc1F. The summed E-state index contributed by atoms with van der Waals surface area (Å²) in [5, 5.41) is 3.92. The Hall–Kier alpha value is -2.29. The molecule has 1 aromatic heterocycles. The quantitative estimate of drug-likeness (QED) is 0.922. The van der Waals surface area contributed by atoms with E-state index in [1.54, 1.807) is 4.72 Å². The maximum absolute atomic E-state index is 13.7. The van der Waals surface area contributed by atoms with Gasteiger partial charge in [-0.25, -0.2) is 21.9 Å². The standard InChI is InChI=1S/C14H15F2N3O3S/c1-8(2)19-7-10(6-17-19)14(20)18-23(21,22)13-4-9(3)11(15)5-12(13)16/h4-8H,1-3H3,(H,18,20). The zero-order valence-corrected chi connectivity index (χ0v) is 13.5. The Morgan fingerprint density at radius 2 is 1.91 bits per heavy atom. The lowest BCUT2D eigenvalue weighted by Gasteiger charge is -2.08. The van der Waals surface area contributed by atoms with Gasteiger partial charge in [0.25, 0.3) is 15.9 Å². The lowest BCUT2D eigenvalue weighted by atomic mass is 10.2. The predicted molar refractivity (Wildman–Crippen MR) is 78.4 cm³/mol. The van der Waals surface area contributed by atoms with Crippen LogP contribution in [0.4, 0.5) is 8.78 Å². The van der Waals surface area contributed by atoms with Gasteiger partial charge >= 0.3 is 0 Å². The van der Waals surface area contributed by atoms with Gasteiger partial charge in [-0.05, 0) is 32.4 Å². The highest BCUT2D eigenvalue weighted by Gasteiger charge is 2.24. The highest BCUT2D eigenvalue weighted by Crippen LogP contribution is 2.19. The molecule has 0 saturated heterocycles. The molecule has 0 aliphatic heterocycles. The molecule has 1 aromatic carbocycles. The van der Waals surface area contributed by atoms with E-state index in [2.05, 4.69) is 5.10 Å². The Balaban J connectivity index is 2.30. The molecule has 0 bridgehead atoms. The molecule has 23 heavy (non-hydrogen) atoms. The molecule has 9 heteroatoms. The third-order valence-corrected chi connectivity index (χ3v) is 4.47. The Labute approximate surface area is 132 Å². The first-order valence-electron chi connectivity index (χ1n) is 6.69. The minimum Gasteiger partial charge on any atom is -0.269 e. The summed E-state index contributed by atoms with van der Waals surface area (Å²) in [6.45, 7) is 4.96. The fourth-order valence-electron chi connectivity index (χ4n) is 1.81. The molecular formula is C14H15F2N3O3S. The lowest BCUT2D eigenvalue weighted by molar-refractivity contribution is 0.0981. The van der Waals surface area contributed by atoms with Crippen LogP contribution in [0, 0.1) is 18.6 Å². The summed E-state index contributed by atoms with van der Waals surface area (Å²) in [5.41, 5.74) is -0.0339. The van der Waals surface area contributed by atoms with Crippen molar-refractivity contribution in [3.05, 3.63) is 47.3 Å². The molecule has 1 amide bonds. The van der Waals surface area contributed by atoms with Crippen molar-refractivity contribution < 1.29 is 22.0 Å². The van der Waals surface area contributed by atoms with Crippen molar-refractivity contribution in [3.8, 4) is 0 Å². The molecule has 1 heterocycles. The first-order valence-corrected chi connectivity index (χ1v) is 8.17. The molecule has 6 nitrogen and oxygen atoms in total. The van der Waals surface area contributed by atoms with Crippen molar-refractivity contribution in [2.45, 2.75) is 31.7 Å². The number of halogens is 2. The average molecular weight is 343 g/mol. The van der Waals surface area contributed by atoms with Gasteiger partial charge in [0.15, 0.2) is 0 Å². The molecule has 2 aromatic rings. The number of benzene rings is 1. The molecule has 0 aliphatic carbocycles. The summed E-state index contributed by atoms with van der Waals surface area (Å²) in [6, 6.07) is 1.29. The van der Waals surface area contributed by atoms with Crippen molar-refractivity contribution in [1.82, 2.24) is 14.5 Å². The molecule has 2 rings (SSSR count). The molecule has 0 unspecified atom stereocenters. The third-order valence-electron chi connectivity index (χ3n) is 3.12. The van der Waals surface area contributed by atoms with E-state index in [9.17, 15) is 22.0 Å². The number of sulfonamides is 1. The Kier molecular flexibility index (Phi) is 4.51. The highest BCUT2D eigenvalue weighted by molar-refractivity contribution is 7.90. The summed E-state index contributed by atoms with van der Waals surface area (Å²) in [7, 11) is -4.47. The van der Waals surface area contributed by atoms with E-state index in [0.29, 0.717) is 6.07 Å². The molecule has 0 spiro atoms. The zero-order valence-electron chi connectivity index (χ0n) is 12.7. The Bertz CT molecular complexity index is 860. The van der Waals surface area contributed by atoms with Gasteiger partial charge in [0.1, 0.15) is 16.5 Å². The van der Waals surface area contributed by atoms with Crippen LogP contribution in [0.5, 0.6) is 0 Å². The Morgan fingerprint density at radius 3 is 2.48 bits per heavy atom. The van der Waals surface area contributed by atoms with Crippen LogP contribution >= 0.6 is 0 Å². The summed E-state index contributed by atoms with van der Waals surface area (Å²) < 4.78 is 54.4. The first kappa shape index (κ1) is 17.1. The van der Waals surface area contributed by atoms with E-state index in [1.807, 2.05) is 13.8 Å². The number of aryl methyl sites for hydroxylation is 1. The number of carbonyl (C=O) groups is 1. The number of aromatic nitrogens is 2. The molecule has 0 aliphatic rings. The summed E-state index contributed by atoms with van der Waals surface area (Å²) in [5.74, 6) is -3.09. The maximum atomic E-state index is 13.7. The van der Waals surface area contributed by atoms with E-state index in [-0.39, 0.29) is 17.2 Å². The van der Waals surface area contributed by atoms with Gasteiger partial charge in [-0.1, -0.05) is 0 Å². The van der Waals surface area contributed by atoms with Crippen molar-refractivity contribution in [2.75, 3.05) is 0 Å². The third kappa shape index (κ3) is 3.55. The molecule has 1 N–H and O–H groups in total. The zero-order chi connectivity index (χ0) is 17.4. The second kappa shape index (κ2) is 6.07. The van der Waals surface area contributed by atoms with Gasteiger partial charge in [-0.15, -0.1) is 0 Å². The normalized spacial score (nSPS) is 11.7. The second-order valence-electron chi connectivity index (χ2n) is 5.27. The number of hydrogen-bond acceptors (Lipinski definition) is 4. The van der Waals surface area contributed by atoms with Crippen LogP contribution < -0.4 is 4.72 Å². The van der Waals surface area contributed by atoms with Crippen molar-refractivity contribution in [3.63, 3.8) is 0 Å². The summed E-state index contributed by atoms with van der Waals surface area (Å²) in [6.07, 6.45) is 2.58. The van der Waals surface area contributed by atoms with E-state index >= 15 is 0 Å². The van der Waals surface area contributed by atoms with Crippen LogP contribution in [0.2, 0.25) is 0 Å². The van der Waals surface area contributed by atoms with Gasteiger partial charge in [0.05, 0.1) is 11.8 Å². The molecule has 0 saturated carbocycles. The fraction of sp³-hybridized carbons (Fsp3) is 0.286. The number of amides is 1. The number of hydrogen-bond donors (Lipinski definition) is 1. The van der Waals surface area contributed by atoms with Crippen LogP contribution in [0.15, 0.2) is 29.4 Å². The average Bonchev–Trinajstić information content (AvgIpc) is 2.92. The molecular weight excluding hydrogens is 328 g/mol. The molecule has 0 atom stereocenters. The van der Waals surface area contributed by atoms with E-state index in [4.69, 9.17) is 0 Å². The predicted octanol–water partition coefficient (Wildman–Crippen LogP) is 2.17. The van der Waals surface area contributed by atoms with E-state index in [0.717, 1.165) is 6.07 Å². The minimum absolute atomic E-state index is 0.00894. The minimum atomic E-state index is -4.47. The second-order valence-corrected chi connectivity index (χ2v) is 6.92.